The Morgan fingerprint density at radius 2 is 1.84 bits per heavy atom. The molecule has 0 bridgehead atoms. The number of alkyl halides is 1. The van der Waals surface area contributed by atoms with Crippen LogP contribution in [0.4, 0.5) is 4.39 Å². The highest BCUT2D eigenvalue weighted by Gasteiger charge is 2.19. The molecule has 2 aromatic rings. The minimum Gasteiger partial charge on any atom is -0.207 e. The number of hydrogen-bond acceptors (Lipinski definition) is 0. The van der Waals surface area contributed by atoms with Crippen molar-refractivity contribution in [3.8, 4) is 0 Å². The lowest BCUT2D eigenvalue weighted by atomic mass is 9.96. The third-order valence-corrected chi connectivity index (χ3v) is 4.90. The quantitative estimate of drug-likeness (QED) is 0.442. The largest absolute Gasteiger partial charge is 0.207 e. The Kier molecular flexibility index (Phi) is 4.54. The zero-order valence-electron chi connectivity index (χ0n) is 10.5. The molecule has 0 radical (unpaired) electrons. The van der Waals surface area contributed by atoms with Crippen molar-refractivity contribution in [2.24, 2.45) is 0 Å². The molecule has 0 aliphatic heterocycles. The summed E-state index contributed by atoms with van der Waals surface area (Å²) in [6.45, 7) is 3.99. The highest BCUT2D eigenvalue weighted by molar-refractivity contribution is 9.10. The van der Waals surface area contributed by atoms with Crippen LogP contribution in [0, 0.1) is 19.7 Å². The van der Waals surface area contributed by atoms with Crippen LogP contribution >= 0.6 is 39.1 Å². The lowest BCUT2D eigenvalue weighted by Gasteiger charge is -2.16. The Hall–Kier alpha value is -0.570. The van der Waals surface area contributed by atoms with Crippen LogP contribution < -0.4 is 0 Å². The molecule has 0 aromatic heterocycles. The van der Waals surface area contributed by atoms with Gasteiger partial charge in [0, 0.05) is 10.0 Å². The average molecular weight is 362 g/mol. The molecule has 0 fully saturated rings. The van der Waals surface area contributed by atoms with Crippen LogP contribution in [0.1, 0.15) is 27.6 Å². The molecule has 0 aliphatic carbocycles. The van der Waals surface area contributed by atoms with Gasteiger partial charge in [0.2, 0.25) is 0 Å². The van der Waals surface area contributed by atoms with Gasteiger partial charge in [0.15, 0.2) is 0 Å². The summed E-state index contributed by atoms with van der Waals surface area (Å²) in [5.41, 5.74) is 3.50. The van der Waals surface area contributed by atoms with Crippen LogP contribution in [0.2, 0.25) is 5.02 Å². The van der Waals surface area contributed by atoms with Gasteiger partial charge in [-0.25, -0.2) is 4.39 Å². The molecule has 2 rings (SSSR count). The normalized spacial score (nSPS) is 12.5. The van der Waals surface area contributed by atoms with Gasteiger partial charge in [0.1, 0.15) is 5.82 Å². The van der Waals surface area contributed by atoms with Crippen LogP contribution in [0.3, 0.4) is 0 Å². The Bertz CT molecular complexity index is 626. The fourth-order valence-electron chi connectivity index (χ4n) is 1.95. The van der Waals surface area contributed by atoms with Gasteiger partial charge in [-0.1, -0.05) is 29.8 Å². The molecule has 100 valence electrons. The van der Waals surface area contributed by atoms with E-state index in [1.807, 2.05) is 32.0 Å². The summed E-state index contributed by atoms with van der Waals surface area (Å²) < 4.78 is 14.6. The van der Waals surface area contributed by atoms with Crippen molar-refractivity contribution in [3.05, 3.63) is 67.9 Å². The molecular weight excluding hydrogens is 350 g/mol. The van der Waals surface area contributed by atoms with E-state index in [-0.39, 0.29) is 5.82 Å². The fraction of sp³-hybridized carbons (Fsp3) is 0.200. The van der Waals surface area contributed by atoms with Crippen molar-refractivity contribution in [2.45, 2.75) is 19.2 Å². The van der Waals surface area contributed by atoms with Crippen molar-refractivity contribution in [1.82, 2.24) is 0 Å². The van der Waals surface area contributed by atoms with E-state index in [0.29, 0.717) is 15.1 Å². The first kappa shape index (κ1) is 14.8. The molecule has 0 nitrogen and oxygen atoms in total. The van der Waals surface area contributed by atoms with Crippen molar-refractivity contribution >= 4 is 39.1 Å². The lowest BCUT2D eigenvalue weighted by molar-refractivity contribution is 0.611. The molecule has 0 N–H and O–H groups in total. The fourth-order valence-corrected chi connectivity index (χ4v) is 2.84. The Morgan fingerprint density at radius 3 is 2.53 bits per heavy atom. The summed E-state index contributed by atoms with van der Waals surface area (Å²) in [5, 5.41) is -0.0992. The van der Waals surface area contributed by atoms with Gasteiger partial charge in [-0.05, 0) is 58.6 Å². The number of hydrogen-bond donors (Lipinski definition) is 0. The van der Waals surface area contributed by atoms with Crippen molar-refractivity contribution in [2.75, 3.05) is 0 Å². The number of rotatable bonds is 2. The van der Waals surface area contributed by atoms with Gasteiger partial charge < -0.3 is 0 Å². The number of benzene rings is 2. The van der Waals surface area contributed by atoms with Crippen molar-refractivity contribution < 1.29 is 4.39 Å². The third kappa shape index (κ3) is 2.96. The van der Waals surface area contributed by atoms with Crippen molar-refractivity contribution in [1.29, 1.82) is 0 Å². The molecule has 0 saturated carbocycles. The smallest absolute Gasteiger partial charge is 0.129 e. The summed E-state index contributed by atoms with van der Waals surface area (Å²) >= 11 is 15.6. The first-order valence-electron chi connectivity index (χ1n) is 5.76. The molecule has 0 amide bonds. The zero-order chi connectivity index (χ0) is 14.2. The Labute approximate surface area is 130 Å². The van der Waals surface area contributed by atoms with E-state index in [0.717, 1.165) is 16.7 Å². The molecule has 2 aromatic carbocycles. The molecule has 0 spiro atoms. The molecule has 19 heavy (non-hydrogen) atoms. The summed E-state index contributed by atoms with van der Waals surface area (Å²) in [6, 6.07) is 8.76. The summed E-state index contributed by atoms with van der Waals surface area (Å²) in [6.07, 6.45) is 0. The van der Waals surface area contributed by atoms with E-state index in [9.17, 15) is 4.39 Å². The first-order chi connectivity index (χ1) is 8.91. The van der Waals surface area contributed by atoms with Gasteiger partial charge >= 0.3 is 0 Å². The SMILES string of the molecule is Cc1cccc(C(Cl)c2cc(Cl)c(Br)cc2F)c1C. The van der Waals surface area contributed by atoms with Crippen LogP contribution in [0.5, 0.6) is 0 Å². The topological polar surface area (TPSA) is 0 Å². The minimum atomic E-state index is -0.550. The molecule has 0 aliphatic rings. The van der Waals surface area contributed by atoms with Crippen LogP contribution in [0.15, 0.2) is 34.8 Å². The Balaban J connectivity index is 2.53. The van der Waals surface area contributed by atoms with E-state index in [4.69, 9.17) is 23.2 Å². The molecule has 1 unspecified atom stereocenters. The Morgan fingerprint density at radius 1 is 1.16 bits per heavy atom. The van der Waals surface area contributed by atoms with Gasteiger partial charge in [0.25, 0.3) is 0 Å². The van der Waals surface area contributed by atoms with E-state index in [2.05, 4.69) is 15.9 Å². The maximum atomic E-state index is 14.0. The number of aryl methyl sites for hydroxylation is 1. The monoisotopic (exact) mass is 360 g/mol. The maximum Gasteiger partial charge on any atom is 0.129 e. The highest BCUT2D eigenvalue weighted by Crippen LogP contribution is 2.36. The predicted octanol–water partition coefficient (Wildman–Crippen LogP) is 6.19. The standard InChI is InChI=1S/C15H12BrCl2F/c1-8-4-3-5-10(9(8)2)15(18)11-6-13(17)12(16)7-14(11)19/h3-7,15H,1-2H3. The average Bonchev–Trinajstić information content (AvgIpc) is 2.36. The van der Waals surface area contributed by atoms with Gasteiger partial charge in [-0.3, -0.25) is 0 Å². The lowest BCUT2D eigenvalue weighted by Crippen LogP contribution is -2.01. The van der Waals surface area contributed by atoms with E-state index >= 15 is 0 Å². The summed E-state index contributed by atoms with van der Waals surface area (Å²) in [4.78, 5) is 0. The highest BCUT2D eigenvalue weighted by atomic mass is 79.9. The second-order valence-corrected chi connectivity index (χ2v) is 6.14. The predicted molar refractivity (Wildman–Crippen MR) is 82.7 cm³/mol. The van der Waals surface area contributed by atoms with Crippen LogP contribution in [-0.4, -0.2) is 0 Å². The van der Waals surface area contributed by atoms with Crippen molar-refractivity contribution in [3.63, 3.8) is 0 Å². The second kappa shape index (κ2) is 5.82. The van der Waals surface area contributed by atoms with Crippen LogP contribution in [-0.2, 0) is 0 Å². The molecule has 4 heteroatoms. The maximum absolute atomic E-state index is 14.0. The van der Waals surface area contributed by atoms with Gasteiger partial charge in [-0.2, -0.15) is 0 Å². The third-order valence-electron chi connectivity index (χ3n) is 3.23. The first-order valence-corrected chi connectivity index (χ1v) is 7.37. The van der Waals surface area contributed by atoms with Gasteiger partial charge in [0.05, 0.1) is 10.4 Å². The molecule has 1 atom stereocenters. The summed E-state index contributed by atoms with van der Waals surface area (Å²) in [5.74, 6) is -0.364. The second-order valence-electron chi connectivity index (χ2n) is 4.44. The van der Waals surface area contributed by atoms with Crippen LogP contribution in [0.25, 0.3) is 0 Å². The van der Waals surface area contributed by atoms with E-state index in [1.54, 1.807) is 6.07 Å². The number of halogens is 4. The summed E-state index contributed by atoms with van der Waals surface area (Å²) in [7, 11) is 0. The molecular formula is C15H12BrCl2F. The van der Waals surface area contributed by atoms with Gasteiger partial charge in [-0.15, -0.1) is 11.6 Å². The minimum absolute atomic E-state index is 0.364. The zero-order valence-corrected chi connectivity index (χ0v) is 13.6. The van der Waals surface area contributed by atoms with E-state index in [1.165, 1.54) is 6.07 Å². The molecule has 0 heterocycles. The molecule has 0 saturated heterocycles. The van der Waals surface area contributed by atoms with E-state index < -0.39 is 5.38 Å².